The fourth-order valence-corrected chi connectivity index (χ4v) is 3.35. The van der Waals surface area contributed by atoms with Gasteiger partial charge >= 0.3 is 0 Å². The van der Waals surface area contributed by atoms with Gasteiger partial charge in [0.15, 0.2) is 11.6 Å². The van der Waals surface area contributed by atoms with Gasteiger partial charge in [-0.1, -0.05) is 24.8 Å². The number of aromatic nitrogens is 2. The lowest BCUT2D eigenvalue weighted by molar-refractivity contribution is -0.124. The van der Waals surface area contributed by atoms with Gasteiger partial charge in [0.1, 0.15) is 11.7 Å². The Bertz CT molecular complexity index is 935. The first-order valence-electron chi connectivity index (χ1n) is 7.52. The number of hydrogen-bond donors (Lipinski definition) is 1. The number of allylic oxidation sites excluding steroid dienone is 5. The molecule has 0 aliphatic heterocycles. The Hall–Kier alpha value is -3.08. The zero-order chi connectivity index (χ0) is 16.8. The molecule has 1 aromatic carbocycles. The maximum Gasteiger partial charge on any atom is 0.174 e. The second-order valence-electron chi connectivity index (χ2n) is 5.90. The zero-order valence-electron chi connectivity index (χ0n) is 12.6. The van der Waals surface area contributed by atoms with Crippen LogP contribution in [-0.2, 0) is 9.59 Å². The number of nitrogens with one attached hydrogen (secondary N) is 1. The number of Topliss-reactive ketones (excluding diaryl/α,β-unsaturated/α-hetero) is 2. The number of halogens is 1. The van der Waals surface area contributed by atoms with Gasteiger partial charge < -0.3 is 0 Å². The van der Waals surface area contributed by atoms with E-state index in [9.17, 15) is 14.0 Å². The van der Waals surface area contributed by atoms with Gasteiger partial charge in [-0.2, -0.15) is 5.10 Å². The van der Waals surface area contributed by atoms with Crippen LogP contribution in [0.1, 0.15) is 11.5 Å². The molecule has 24 heavy (non-hydrogen) atoms. The standard InChI is InChI=1S/C19H13FN2O2/c1-10-3-2-4-13-15(10)19(24)16(18(13)23)14-9-21-22-17(14)11-5-7-12(20)8-6-11/h2-9,15-16H,1H2,(H,21,22). The minimum absolute atomic E-state index is 0.189. The van der Waals surface area contributed by atoms with Gasteiger partial charge in [-0.3, -0.25) is 14.7 Å². The van der Waals surface area contributed by atoms with E-state index in [1.807, 2.05) is 0 Å². The number of rotatable bonds is 2. The van der Waals surface area contributed by atoms with Crippen molar-refractivity contribution in [1.29, 1.82) is 0 Å². The summed E-state index contributed by atoms with van der Waals surface area (Å²) in [7, 11) is 0. The summed E-state index contributed by atoms with van der Waals surface area (Å²) in [5, 5.41) is 6.81. The Balaban J connectivity index is 1.80. The Morgan fingerprint density at radius 2 is 1.88 bits per heavy atom. The van der Waals surface area contributed by atoms with Crippen molar-refractivity contribution in [3.63, 3.8) is 0 Å². The van der Waals surface area contributed by atoms with Crippen LogP contribution in [0.25, 0.3) is 11.3 Å². The van der Waals surface area contributed by atoms with Crippen molar-refractivity contribution in [2.45, 2.75) is 5.92 Å². The number of carbonyl (C=O) groups is 2. The number of carbonyl (C=O) groups excluding carboxylic acids is 2. The largest absolute Gasteiger partial charge is 0.297 e. The smallest absolute Gasteiger partial charge is 0.174 e. The summed E-state index contributed by atoms with van der Waals surface area (Å²) in [5.41, 5.74) is 2.84. The fourth-order valence-electron chi connectivity index (χ4n) is 3.35. The highest BCUT2D eigenvalue weighted by Crippen LogP contribution is 2.43. The van der Waals surface area contributed by atoms with Crippen molar-refractivity contribution in [3.8, 4) is 11.3 Å². The lowest BCUT2D eigenvalue weighted by Crippen LogP contribution is -2.16. The maximum atomic E-state index is 13.1. The molecule has 0 amide bonds. The Labute approximate surface area is 137 Å². The summed E-state index contributed by atoms with van der Waals surface area (Å²) in [6, 6.07) is 5.82. The van der Waals surface area contributed by atoms with Crippen LogP contribution in [0.2, 0.25) is 0 Å². The van der Waals surface area contributed by atoms with Gasteiger partial charge in [0.05, 0.1) is 17.8 Å². The number of ketones is 2. The normalized spacial score (nSPS) is 22.7. The van der Waals surface area contributed by atoms with Crippen LogP contribution in [0.3, 0.4) is 0 Å². The van der Waals surface area contributed by atoms with Gasteiger partial charge in [0.2, 0.25) is 0 Å². The average molecular weight is 320 g/mol. The number of nitrogens with zero attached hydrogens (tertiary/aromatic N) is 1. The lowest BCUT2D eigenvalue weighted by atomic mass is 9.88. The quantitative estimate of drug-likeness (QED) is 0.865. The van der Waals surface area contributed by atoms with E-state index in [-0.39, 0.29) is 17.4 Å². The van der Waals surface area contributed by atoms with Crippen LogP contribution in [0, 0.1) is 11.7 Å². The summed E-state index contributed by atoms with van der Waals surface area (Å²) in [6.07, 6.45) is 6.65. The molecule has 1 aromatic heterocycles. The number of fused-ring (bicyclic) bond motifs is 1. The van der Waals surface area contributed by atoms with E-state index in [2.05, 4.69) is 16.8 Å². The lowest BCUT2D eigenvalue weighted by Gasteiger charge is -2.12. The molecule has 0 bridgehead atoms. The Kier molecular flexibility index (Phi) is 3.16. The van der Waals surface area contributed by atoms with Gasteiger partial charge in [0, 0.05) is 16.7 Å². The van der Waals surface area contributed by atoms with Crippen LogP contribution in [0.15, 0.2) is 66.4 Å². The predicted molar refractivity (Wildman–Crippen MR) is 86.6 cm³/mol. The highest BCUT2D eigenvalue weighted by molar-refractivity contribution is 6.26. The molecule has 5 heteroatoms. The van der Waals surface area contributed by atoms with Crippen LogP contribution >= 0.6 is 0 Å². The monoisotopic (exact) mass is 320 g/mol. The van der Waals surface area contributed by atoms with E-state index in [1.165, 1.54) is 18.3 Å². The molecule has 4 nitrogen and oxygen atoms in total. The van der Waals surface area contributed by atoms with Crippen molar-refractivity contribution in [3.05, 3.63) is 77.8 Å². The van der Waals surface area contributed by atoms with Crippen molar-refractivity contribution < 1.29 is 14.0 Å². The van der Waals surface area contributed by atoms with Gasteiger partial charge in [-0.15, -0.1) is 0 Å². The van der Waals surface area contributed by atoms with Crippen LogP contribution < -0.4 is 0 Å². The van der Waals surface area contributed by atoms with E-state index in [1.54, 1.807) is 30.4 Å². The predicted octanol–water partition coefficient (Wildman–Crippen LogP) is 3.12. The molecule has 1 saturated carbocycles. The molecule has 1 fully saturated rings. The third kappa shape index (κ3) is 2.01. The molecule has 118 valence electrons. The molecule has 1 N–H and O–H groups in total. The summed E-state index contributed by atoms with van der Waals surface area (Å²) < 4.78 is 13.1. The number of H-pyrrole nitrogens is 1. The zero-order valence-corrected chi connectivity index (χ0v) is 12.6. The average Bonchev–Trinajstić information content (AvgIpc) is 3.13. The molecule has 2 unspecified atom stereocenters. The first-order chi connectivity index (χ1) is 11.6. The van der Waals surface area contributed by atoms with E-state index in [0.29, 0.717) is 28.0 Å². The molecule has 2 aliphatic rings. The molecule has 0 spiro atoms. The first-order valence-corrected chi connectivity index (χ1v) is 7.52. The van der Waals surface area contributed by atoms with E-state index >= 15 is 0 Å². The molecule has 0 radical (unpaired) electrons. The fraction of sp³-hybridized carbons (Fsp3) is 0.105. The van der Waals surface area contributed by atoms with Crippen LogP contribution in [0.4, 0.5) is 4.39 Å². The van der Waals surface area contributed by atoms with E-state index in [0.717, 1.165) is 0 Å². The van der Waals surface area contributed by atoms with Crippen molar-refractivity contribution >= 4 is 11.6 Å². The van der Waals surface area contributed by atoms with E-state index < -0.39 is 11.8 Å². The van der Waals surface area contributed by atoms with Gasteiger partial charge in [-0.05, 0) is 29.8 Å². The first kappa shape index (κ1) is 14.5. The molecule has 1 heterocycles. The molecule has 2 aromatic rings. The number of hydrogen-bond acceptors (Lipinski definition) is 3. The summed E-state index contributed by atoms with van der Waals surface area (Å²) >= 11 is 0. The van der Waals surface area contributed by atoms with Gasteiger partial charge in [0.25, 0.3) is 0 Å². The minimum atomic E-state index is -0.906. The maximum absolute atomic E-state index is 13.1. The third-order valence-corrected chi connectivity index (χ3v) is 4.50. The molecule has 4 rings (SSSR count). The highest BCUT2D eigenvalue weighted by atomic mass is 19.1. The second-order valence-corrected chi connectivity index (χ2v) is 5.90. The summed E-state index contributed by atoms with van der Waals surface area (Å²) in [5.74, 6) is -2.25. The van der Waals surface area contributed by atoms with Crippen LogP contribution in [-0.4, -0.2) is 21.8 Å². The highest BCUT2D eigenvalue weighted by Gasteiger charge is 2.48. The van der Waals surface area contributed by atoms with Crippen molar-refractivity contribution in [2.75, 3.05) is 0 Å². The Morgan fingerprint density at radius 1 is 1.12 bits per heavy atom. The number of benzene rings is 1. The second kappa shape index (κ2) is 5.23. The summed E-state index contributed by atoms with van der Waals surface area (Å²) in [6.45, 7) is 3.88. The SMILES string of the molecule is C=C1C=CC=C2C(=O)C(c3cn[nH]c3-c3ccc(F)cc3)C(=O)C12. The van der Waals surface area contributed by atoms with Crippen molar-refractivity contribution in [2.24, 2.45) is 5.92 Å². The van der Waals surface area contributed by atoms with E-state index in [4.69, 9.17) is 0 Å². The molecule has 2 atom stereocenters. The van der Waals surface area contributed by atoms with Crippen LogP contribution in [0.5, 0.6) is 0 Å². The molecular weight excluding hydrogens is 307 g/mol. The molecular formula is C19H13FN2O2. The minimum Gasteiger partial charge on any atom is -0.297 e. The number of aromatic amines is 1. The summed E-state index contributed by atoms with van der Waals surface area (Å²) in [4.78, 5) is 25.6. The molecule has 2 aliphatic carbocycles. The van der Waals surface area contributed by atoms with Gasteiger partial charge in [-0.25, -0.2) is 4.39 Å². The molecule has 0 saturated heterocycles. The topological polar surface area (TPSA) is 62.8 Å². The Morgan fingerprint density at radius 3 is 2.58 bits per heavy atom. The van der Waals surface area contributed by atoms with Crippen molar-refractivity contribution in [1.82, 2.24) is 10.2 Å². The third-order valence-electron chi connectivity index (χ3n) is 4.50.